The number of thiophene rings is 1. The van der Waals surface area contributed by atoms with E-state index in [0.717, 1.165) is 17.8 Å². The van der Waals surface area contributed by atoms with Gasteiger partial charge in [-0.05, 0) is 18.4 Å². The topological polar surface area (TPSA) is 49.3 Å². The molecule has 0 saturated carbocycles. The molecule has 96 valence electrons. The zero-order chi connectivity index (χ0) is 13.0. The fourth-order valence-corrected chi connectivity index (χ4v) is 2.96. The first-order chi connectivity index (χ1) is 7.93. The molecular weight excluding hydrogens is 281 g/mol. The number of carbonyl (C=O) groups excluding carboxylic acids is 1. The number of carbonyl (C=O) groups is 1. The second-order valence-electron chi connectivity index (χ2n) is 4.22. The third-order valence-corrected chi connectivity index (χ3v) is 3.70. The van der Waals surface area contributed by atoms with Crippen molar-refractivity contribution in [1.29, 1.82) is 0 Å². The van der Waals surface area contributed by atoms with Crippen LogP contribution in [0.1, 0.15) is 30.6 Å². The molecule has 1 heterocycles. The third-order valence-electron chi connectivity index (χ3n) is 2.21. The lowest BCUT2D eigenvalue weighted by Gasteiger charge is -2.17. The minimum Gasteiger partial charge on any atom is -0.394 e. The summed E-state index contributed by atoms with van der Waals surface area (Å²) in [6.07, 6.45) is 0.720. The van der Waals surface area contributed by atoms with Gasteiger partial charge in [0.15, 0.2) is 0 Å². The van der Waals surface area contributed by atoms with Crippen LogP contribution >= 0.6 is 34.5 Å². The van der Waals surface area contributed by atoms with Crippen molar-refractivity contribution >= 4 is 40.4 Å². The fraction of sp³-hybridized carbons (Fsp3) is 0.545. The van der Waals surface area contributed by atoms with Crippen molar-refractivity contribution in [2.75, 3.05) is 6.61 Å². The maximum absolute atomic E-state index is 11.9. The third kappa shape index (κ3) is 4.47. The molecule has 0 bridgehead atoms. The predicted octanol–water partition coefficient (Wildman–Crippen LogP) is 3.19. The van der Waals surface area contributed by atoms with E-state index in [4.69, 9.17) is 23.2 Å². The molecule has 1 amide bonds. The molecule has 1 atom stereocenters. The fourth-order valence-electron chi connectivity index (χ4n) is 1.51. The molecule has 1 aromatic heterocycles. The number of aliphatic hydroxyl groups is 1. The van der Waals surface area contributed by atoms with Gasteiger partial charge in [0, 0.05) is 0 Å². The van der Waals surface area contributed by atoms with E-state index in [9.17, 15) is 9.90 Å². The van der Waals surface area contributed by atoms with Crippen LogP contribution in [0, 0.1) is 5.92 Å². The second kappa shape index (κ2) is 6.59. The molecule has 0 spiro atoms. The van der Waals surface area contributed by atoms with E-state index >= 15 is 0 Å². The molecule has 2 N–H and O–H groups in total. The molecule has 1 aromatic rings. The summed E-state index contributed by atoms with van der Waals surface area (Å²) in [6.45, 7) is 3.98. The minimum absolute atomic E-state index is 0.0839. The van der Waals surface area contributed by atoms with E-state index in [0.29, 0.717) is 20.2 Å². The van der Waals surface area contributed by atoms with Crippen LogP contribution < -0.4 is 5.32 Å². The number of nitrogens with one attached hydrogen (secondary N) is 1. The number of amides is 1. The number of rotatable bonds is 5. The molecule has 0 radical (unpaired) electrons. The molecule has 17 heavy (non-hydrogen) atoms. The largest absolute Gasteiger partial charge is 0.394 e. The van der Waals surface area contributed by atoms with Crippen LogP contribution in [0.15, 0.2) is 6.07 Å². The van der Waals surface area contributed by atoms with Crippen molar-refractivity contribution in [1.82, 2.24) is 5.32 Å². The lowest BCUT2D eigenvalue weighted by atomic mass is 10.0. The van der Waals surface area contributed by atoms with E-state index in [1.807, 2.05) is 13.8 Å². The van der Waals surface area contributed by atoms with E-state index in [2.05, 4.69) is 5.32 Å². The Morgan fingerprint density at radius 1 is 1.53 bits per heavy atom. The molecule has 0 aliphatic rings. The molecule has 0 aliphatic heterocycles. The lowest BCUT2D eigenvalue weighted by molar-refractivity contribution is 0.0909. The first-order valence-corrected chi connectivity index (χ1v) is 6.87. The van der Waals surface area contributed by atoms with Gasteiger partial charge in [-0.15, -0.1) is 11.3 Å². The molecule has 0 saturated heterocycles. The molecular formula is C11H15Cl2NO2S. The predicted molar refractivity (Wildman–Crippen MR) is 72.1 cm³/mol. The first kappa shape index (κ1) is 14.8. The van der Waals surface area contributed by atoms with Gasteiger partial charge >= 0.3 is 0 Å². The average Bonchev–Trinajstić information content (AvgIpc) is 2.56. The lowest BCUT2D eigenvalue weighted by Crippen LogP contribution is -2.38. The van der Waals surface area contributed by atoms with Crippen molar-refractivity contribution in [3.05, 3.63) is 20.3 Å². The average molecular weight is 296 g/mol. The molecule has 0 aliphatic carbocycles. The highest BCUT2D eigenvalue weighted by molar-refractivity contribution is 7.20. The van der Waals surface area contributed by atoms with Crippen LogP contribution in [-0.2, 0) is 0 Å². The standard InChI is InChI=1S/C11H15Cl2NO2S/c1-6(2)3-7(5-15)14-11(16)8-4-9(12)17-10(8)13/h4,6-7,15H,3,5H2,1-2H3,(H,14,16). The summed E-state index contributed by atoms with van der Waals surface area (Å²) in [5, 5.41) is 11.9. The Hall–Kier alpha value is -0.290. The molecule has 1 rings (SSSR count). The van der Waals surface area contributed by atoms with Crippen molar-refractivity contribution in [2.24, 2.45) is 5.92 Å². The van der Waals surface area contributed by atoms with Gasteiger partial charge < -0.3 is 10.4 Å². The Balaban J connectivity index is 2.67. The van der Waals surface area contributed by atoms with Crippen molar-refractivity contribution < 1.29 is 9.90 Å². The SMILES string of the molecule is CC(C)CC(CO)NC(=O)c1cc(Cl)sc1Cl. The highest BCUT2D eigenvalue weighted by atomic mass is 35.5. The normalized spacial score (nSPS) is 12.8. The highest BCUT2D eigenvalue weighted by Gasteiger charge is 2.18. The van der Waals surface area contributed by atoms with Gasteiger partial charge in [0.25, 0.3) is 5.91 Å². The maximum Gasteiger partial charge on any atom is 0.254 e. The summed E-state index contributed by atoms with van der Waals surface area (Å²) < 4.78 is 0.846. The summed E-state index contributed by atoms with van der Waals surface area (Å²) in [4.78, 5) is 11.9. The quantitative estimate of drug-likeness (QED) is 0.876. The van der Waals surface area contributed by atoms with Crippen LogP contribution in [0.2, 0.25) is 8.67 Å². The molecule has 1 unspecified atom stereocenters. The van der Waals surface area contributed by atoms with Gasteiger partial charge in [0.05, 0.1) is 22.5 Å². The zero-order valence-corrected chi connectivity index (χ0v) is 12.0. The van der Waals surface area contributed by atoms with E-state index in [-0.39, 0.29) is 18.6 Å². The molecule has 6 heteroatoms. The summed E-state index contributed by atoms with van der Waals surface area (Å²) in [5.41, 5.74) is 0.365. The minimum atomic E-state index is -0.294. The number of halogens is 2. The first-order valence-electron chi connectivity index (χ1n) is 5.30. The molecule has 0 aromatic carbocycles. The Morgan fingerprint density at radius 3 is 2.59 bits per heavy atom. The van der Waals surface area contributed by atoms with Crippen molar-refractivity contribution in [3.8, 4) is 0 Å². The van der Waals surface area contributed by atoms with Crippen LogP contribution in [-0.4, -0.2) is 23.7 Å². The van der Waals surface area contributed by atoms with Gasteiger partial charge in [0.2, 0.25) is 0 Å². The Morgan fingerprint density at radius 2 is 2.18 bits per heavy atom. The number of aliphatic hydroxyl groups excluding tert-OH is 1. The van der Waals surface area contributed by atoms with Gasteiger partial charge in [-0.3, -0.25) is 4.79 Å². The van der Waals surface area contributed by atoms with Gasteiger partial charge in [-0.2, -0.15) is 0 Å². The van der Waals surface area contributed by atoms with E-state index in [1.165, 1.54) is 6.07 Å². The Labute approximate surface area is 115 Å². The van der Waals surface area contributed by atoms with Crippen LogP contribution in [0.5, 0.6) is 0 Å². The van der Waals surface area contributed by atoms with Crippen molar-refractivity contribution in [2.45, 2.75) is 26.3 Å². The smallest absolute Gasteiger partial charge is 0.254 e. The highest BCUT2D eigenvalue weighted by Crippen LogP contribution is 2.31. The van der Waals surface area contributed by atoms with Crippen LogP contribution in [0.25, 0.3) is 0 Å². The van der Waals surface area contributed by atoms with E-state index < -0.39 is 0 Å². The summed E-state index contributed by atoms with van der Waals surface area (Å²) >= 11 is 12.8. The monoisotopic (exact) mass is 295 g/mol. The van der Waals surface area contributed by atoms with Crippen LogP contribution in [0.4, 0.5) is 0 Å². The second-order valence-corrected chi connectivity index (χ2v) is 6.51. The van der Waals surface area contributed by atoms with Gasteiger partial charge in [0.1, 0.15) is 4.34 Å². The number of hydrogen-bond acceptors (Lipinski definition) is 3. The Kier molecular flexibility index (Phi) is 5.73. The summed E-state index contributed by atoms with van der Waals surface area (Å²) in [6, 6.07) is 1.28. The zero-order valence-electron chi connectivity index (χ0n) is 9.67. The summed E-state index contributed by atoms with van der Waals surface area (Å²) in [7, 11) is 0. The van der Waals surface area contributed by atoms with Gasteiger partial charge in [-0.25, -0.2) is 0 Å². The van der Waals surface area contributed by atoms with Crippen molar-refractivity contribution in [3.63, 3.8) is 0 Å². The van der Waals surface area contributed by atoms with Gasteiger partial charge in [-0.1, -0.05) is 37.0 Å². The van der Waals surface area contributed by atoms with E-state index in [1.54, 1.807) is 0 Å². The molecule has 0 fully saturated rings. The van der Waals surface area contributed by atoms with Crippen LogP contribution in [0.3, 0.4) is 0 Å². The maximum atomic E-state index is 11.9. The summed E-state index contributed by atoms with van der Waals surface area (Å²) in [5.74, 6) is 0.104. The Bertz CT molecular complexity index is 393. The molecule has 3 nitrogen and oxygen atoms in total. The number of hydrogen-bond donors (Lipinski definition) is 2.